The Morgan fingerprint density at radius 1 is 1.18 bits per heavy atom. The number of H-pyrrole nitrogens is 1. The summed E-state index contributed by atoms with van der Waals surface area (Å²) in [7, 11) is 4.01. The summed E-state index contributed by atoms with van der Waals surface area (Å²) in [4.78, 5) is 41.2. The Labute approximate surface area is 229 Å². The molecule has 1 spiro atoms. The van der Waals surface area contributed by atoms with E-state index < -0.39 is 0 Å². The van der Waals surface area contributed by atoms with Crippen LogP contribution in [-0.2, 0) is 21.5 Å². The second-order valence-electron chi connectivity index (χ2n) is 11.1. The van der Waals surface area contributed by atoms with E-state index >= 15 is 0 Å². The summed E-state index contributed by atoms with van der Waals surface area (Å²) in [5, 5.41) is 12.9. The highest BCUT2D eigenvalue weighted by Crippen LogP contribution is 2.34. The predicted molar refractivity (Wildman–Crippen MR) is 150 cm³/mol. The van der Waals surface area contributed by atoms with Gasteiger partial charge in [0.1, 0.15) is 22.9 Å². The average molecular weight is 534 g/mol. The molecule has 10 nitrogen and oxygen atoms in total. The van der Waals surface area contributed by atoms with Crippen molar-refractivity contribution < 1.29 is 14.4 Å². The van der Waals surface area contributed by atoms with Gasteiger partial charge in [0.2, 0.25) is 0 Å². The van der Waals surface area contributed by atoms with E-state index in [4.69, 9.17) is 4.84 Å². The molecule has 0 radical (unpaired) electrons. The van der Waals surface area contributed by atoms with Crippen molar-refractivity contribution in [2.45, 2.75) is 76.4 Å². The summed E-state index contributed by atoms with van der Waals surface area (Å²) in [6.07, 6.45) is 10.6. The van der Waals surface area contributed by atoms with Crippen molar-refractivity contribution >= 4 is 28.3 Å². The van der Waals surface area contributed by atoms with E-state index in [2.05, 4.69) is 43.6 Å². The maximum atomic E-state index is 13.3. The molecule has 1 amide bonds. The van der Waals surface area contributed by atoms with Gasteiger partial charge >= 0.3 is 0 Å². The van der Waals surface area contributed by atoms with Crippen molar-refractivity contribution in [3.8, 4) is 11.3 Å². The minimum atomic E-state index is -0.358. The number of Topliss-reactive ketones (excluding diaryl/α,β-unsaturated/α-hetero) is 1. The third-order valence-corrected chi connectivity index (χ3v) is 8.00. The number of unbranched alkanes of at least 4 members (excludes halogenated alkanes) is 2. The van der Waals surface area contributed by atoms with E-state index in [-0.39, 0.29) is 17.6 Å². The molecule has 0 saturated carbocycles. The fraction of sp³-hybridized carbons (Fsp3) is 0.552. The first-order valence-corrected chi connectivity index (χ1v) is 14.1. The quantitative estimate of drug-likeness (QED) is 0.355. The van der Waals surface area contributed by atoms with Gasteiger partial charge in [0.15, 0.2) is 0 Å². The molecule has 1 atom stereocenters. The first-order valence-electron chi connectivity index (χ1n) is 14.1. The van der Waals surface area contributed by atoms with Crippen LogP contribution in [0.15, 0.2) is 35.7 Å². The van der Waals surface area contributed by atoms with Gasteiger partial charge in [-0.25, -0.2) is 4.98 Å². The number of nitrogens with one attached hydrogen (secondary N) is 2. The molecule has 1 saturated heterocycles. The van der Waals surface area contributed by atoms with Crippen molar-refractivity contribution in [3.05, 3.63) is 36.4 Å². The molecular formula is C29H39N7O3. The molecule has 0 bridgehead atoms. The summed E-state index contributed by atoms with van der Waals surface area (Å²) < 4.78 is 1.80. The van der Waals surface area contributed by atoms with Crippen LogP contribution in [0, 0.1) is 0 Å². The lowest BCUT2D eigenvalue weighted by atomic mass is 9.87. The number of hydrogen-bond donors (Lipinski definition) is 2. The van der Waals surface area contributed by atoms with Crippen molar-refractivity contribution in [2.24, 2.45) is 12.2 Å². The second kappa shape index (κ2) is 11.7. The first kappa shape index (κ1) is 27.1. The van der Waals surface area contributed by atoms with Crippen molar-refractivity contribution in [1.82, 2.24) is 30.0 Å². The summed E-state index contributed by atoms with van der Waals surface area (Å²) in [5.41, 5.74) is 2.93. The molecule has 2 aliphatic rings. The maximum Gasteiger partial charge on any atom is 0.269 e. The fourth-order valence-electron chi connectivity index (χ4n) is 5.46. The van der Waals surface area contributed by atoms with Crippen LogP contribution in [0.5, 0.6) is 0 Å². The van der Waals surface area contributed by atoms with Crippen molar-refractivity contribution in [2.75, 3.05) is 20.1 Å². The number of nitrogens with zero attached hydrogens (tertiary/aromatic N) is 5. The molecular weight excluding hydrogens is 494 g/mol. The third kappa shape index (κ3) is 6.38. The second-order valence-corrected chi connectivity index (χ2v) is 11.1. The van der Waals surface area contributed by atoms with Gasteiger partial charge in [0, 0.05) is 69.4 Å². The molecule has 1 fully saturated rings. The number of fused-ring (bicyclic) bond motifs is 1. The van der Waals surface area contributed by atoms with Gasteiger partial charge in [-0.05, 0) is 32.0 Å². The zero-order chi connectivity index (χ0) is 27.4. The number of amides is 1. The molecule has 2 N–H and O–H groups in total. The first-order chi connectivity index (χ1) is 18.8. The number of carbonyl (C=O) groups is 2. The van der Waals surface area contributed by atoms with Crippen molar-refractivity contribution in [1.29, 1.82) is 0 Å². The molecule has 2 aliphatic heterocycles. The number of oxime groups is 1. The number of aromatic nitrogens is 4. The number of imidazole rings is 1. The highest BCUT2D eigenvalue weighted by atomic mass is 16.7. The van der Waals surface area contributed by atoms with Crippen LogP contribution in [-0.4, -0.2) is 67.8 Å². The average Bonchev–Trinajstić information content (AvgIpc) is 3.67. The Hall–Kier alpha value is -3.53. The smallest absolute Gasteiger partial charge is 0.269 e. The molecule has 0 aliphatic carbocycles. The van der Waals surface area contributed by atoms with Gasteiger partial charge in [-0.2, -0.15) is 5.10 Å². The number of piperidine rings is 1. The normalized spacial score (nSPS) is 17.8. The molecule has 208 valence electrons. The zero-order valence-corrected chi connectivity index (χ0v) is 23.2. The highest BCUT2D eigenvalue weighted by Gasteiger charge is 2.43. The van der Waals surface area contributed by atoms with Gasteiger partial charge < -0.3 is 20.0 Å². The Morgan fingerprint density at radius 2 is 2.00 bits per heavy atom. The number of carbonyl (C=O) groups excluding carboxylic acids is 2. The summed E-state index contributed by atoms with van der Waals surface area (Å²) >= 11 is 0. The minimum absolute atomic E-state index is 0.202. The number of aryl methyl sites for hydroxylation is 1. The molecule has 39 heavy (non-hydrogen) atoms. The standard InChI is InChI=1S/C29H39N7O3/c1-4-22(37)8-6-5-7-9-24(32-28(38)25-17-29(39-34-25)12-14-35(2)15-13-29)27-30-18-26(31-27)20-10-11-23-21(16-20)19-36(3)33-23/h10-11,16,18-19,24H,4-9,12-15,17H2,1-3H3,(H,30,31)(H,32,38)/t24-/m0/s1. The summed E-state index contributed by atoms with van der Waals surface area (Å²) in [5.74, 6) is 0.803. The number of likely N-dealkylation sites (tertiary alicyclic amines) is 1. The van der Waals surface area contributed by atoms with Crippen LogP contribution in [0.2, 0.25) is 0 Å². The molecule has 1 aromatic carbocycles. The molecule has 3 aromatic rings. The van der Waals surface area contributed by atoms with Crippen LogP contribution in [0.25, 0.3) is 22.2 Å². The minimum Gasteiger partial charge on any atom is -0.388 e. The molecule has 5 rings (SSSR count). The Kier molecular flexibility index (Phi) is 8.11. The number of hydrogen-bond acceptors (Lipinski definition) is 7. The SMILES string of the molecule is CCC(=O)CCCCC[C@H](NC(=O)C1=NOC2(CCN(C)CC2)C1)c1ncc(-c2ccc3nn(C)cc3c2)[nH]1. The largest absolute Gasteiger partial charge is 0.388 e. The van der Waals surface area contributed by atoms with Crippen LogP contribution >= 0.6 is 0 Å². The van der Waals surface area contributed by atoms with E-state index in [9.17, 15) is 9.59 Å². The Bertz CT molecular complexity index is 1350. The van der Waals surface area contributed by atoms with Crippen LogP contribution in [0.1, 0.15) is 76.6 Å². The van der Waals surface area contributed by atoms with Gasteiger partial charge in [-0.3, -0.25) is 14.3 Å². The summed E-state index contributed by atoms with van der Waals surface area (Å²) in [6, 6.07) is 5.81. The molecule has 0 unspecified atom stereocenters. The van der Waals surface area contributed by atoms with E-state index in [1.807, 2.05) is 38.5 Å². The maximum absolute atomic E-state index is 13.3. The monoisotopic (exact) mass is 533 g/mol. The molecule has 10 heteroatoms. The zero-order valence-electron chi connectivity index (χ0n) is 23.2. The van der Waals surface area contributed by atoms with Crippen LogP contribution < -0.4 is 5.32 Å². The van der Waals surface area contributed by atoms with Crippen LogP contribution in [0.4, 0.5) is 0 Å². The fourth-order valence-corrected chi connectivity index (χ4v) is 5.46. The topological polar surface area (TPSA) is 118 Å². The van der Waals surface area contributed by atoms with E-state index in [1.165, 1.54) is 0 Å². The van der Waals surface area contributed by atoms with E-state index in [0.29, 0.717) is 43.0 Å². The van der Waals surface area contributed by atoms with Gasteiger partial charge in [-0.1, -0.05) is 31.0 Å². The lowest BCUT2D eigenvalue weighted by Gasteiger charge is -2.35. The van der Waals surface area contributed by atoms with Gasteiger partial charge in [-0.15, -0.1) is 0 Å². The van der Waals surface area contributed by atoms with E-state index in [0.717, 1.165) is 67.4 Å². The number of benzene rings is 1. The van der Waals surface area contributed by atoms with E-state index in [1.54, 1.807) is 4.68 Å². The Balaban J connectivity index is 1.28. The molecule has 4 heterocycles. The number of ketones is 1. The number of aromatic amines is 1. The lowest BCUT2D eigenvalue weighted by molar-refractivity contribution is -0.119. The molecule has 2 aromatic heterocycles. The van der Waals surface area contributed by atoms with Crippen LogP contribution in [0.3, 0.4) is 0 Å². The van der Waals surface area contributed by atoms with Crippen molar-refractivity contribution in [3.63, 3.8) is 0 Å². The van der Waals surface area contributed by atoms with Gasteiger partial charge in [0.25, 0.3) is 5.91 Å². The predicted octanol–water partition coefficient (Wildman–Crippen LogP) is 4.29. The summed E-state index contributed by atoms with van der Waals surface area (Å²) in [6.45, 7) is 3.78. The van der Waals surface area contributed by atoms with Gasteiger partial charge in [0.05, 0.1) is 23.4 Å². The lowest BCUT2D eigenvalue weighted by Crippen LogP contribution is -2.44. The third-order valence-electron chi connectivity index (χ3n) is 8.00. The Morgan fingerprint density at radius 3 is 2.79 bits per heavy atom. The number of rotatable bonds is 11. The highest BCUT2D eigenvalue weighted by molar-refractivity contribution is 6.39.